The van der Waals surface area contributed by atoms with Crippen LogP contribution >= 0.6 is 11.3 Å². The number of benzene rings is 2. The zero-order valence-electron chi connectivity index (χ0n) is 13.2. The molecule has 3 N–H and O–H groups in total. The van der Waals surface area contributed by atoms with Gasteiger partial charge in [0.25, 0.3) is 5.91 Å². The number of nitrogens with one attached hydrogen (secondary N) is 1. The topological polar surface area (TPSA) is 111 Å². The lowest BCUT2D eigenvalue weighted by atomic mass is 10.2. The predicted molar refractivity (Wildman–Crippen MR) is 96.6 cm³/mol. The monoisotopic (exact) mass is 377 g/mol. The lowest BCUT2D eigenvalue weighted by molar-refractivity contribution is 0.102. The summed E-state index contributed by atoms with van der Waals surface area (Å²) < 4.78 is 28.8. The molecule has 0 radical (unpaired) electrons. The fourth-order valence-corrected chi connectivity index (χ4v) is 3.69. The van der Waals surface area contributed by atoms with Crippen molar-refractivity contribution in [1.29, 1.82) is 0 Å². The van der Waals surface area contributed by atoms with E-state index in [4.69, 9.17) is 9.88 Å². The zero-order chi connectivity index (χ0) is 18.0. The Hall–Kier alpha value is -2.49. The lowest BCUT2D eigenvalue weighted by Gasteiger charge is -2.04. The number of carbonyl (C=O) groups is 1. The Kier molecular flexibility index (Phi) is 4.71. The number of primary sulfonamides is 1. The highest BCUT2D eigenvalue weighted by Crippen LogP contribution is 2.28. The Bertz CT molecular complexity index is 1030. The second-order valence-corrected chi connectivity index (χ2v) is 7.70. The van der Waals surface area contributed by atoms with E-state index >= 15 is 0 Å². The molecule has 0 bridgehead atoms. The van der Waals surface area contributed by atoms with Crippen LogP contribution in [0, 0.1) is 0 Å². The van der Waals surface area contributed by atoms with Crippen LogP contribution in [0.4, 0.5) is 5.13 Å². The van der Waals surface area contributed by atoms with Gasteiger partial charge in [0, 0.05) is 5.56 Å². The average Bonchev–Trinajstić information content (AvgIpc) is 2.96. The quantitative estimate of drug-likeness (QED) is 0.710. The molecule has 0 atom stereocenters. The molecule has 0 aliphatic carbocycles. The summed E-state index contributed by atoms with van der Waals surface area (Å²) in [6.45, 7) is 2.44. The second kappa shape index (κ2) is 6.79. The molecule has 0 aliphatic heterocycles. The van der Waals surface area contributed by atoms with Crippen molar-refractivity contribution < 1.29 is 17.9 Å². The van der Waals surface area contributed by atoms with E-state index in [0.29, 0.717) is 33.3 Å². The molecule has 25 heavy (non-hydrogen) atoms. The van der Waals surface area contributed by atoms with Crippen LogP contribution in [-0.2, 0) is 10.0 Å². The van der Waals surface area contributed by atoms with Crippen LogP contribution in [0.2, 0.25) is 0 Å². The number of anilines is 1. The molecule has 0 spiro atoms. The van der Waals surface area contributed by atoms with Gasteiger partial charge in [0.05, 0.1) is 21.7 Å². The maximum absolute atomic E-state index is 12.3. The Morgan fingerprint density at radius 2 is 1.96 bits per heavy atom. The molecule has 0 unspecified atom stereocenters. The zero-order valence-corrected chi connectivity index (χ0v) is 14.9. The number of sulfonamides is 1. The number of nitrogens with zero attached hydrogens (tertiary/aromatic N) is 1. The third-order valence-corrected chi connectivity index (χ3v) is 5.18. The molecule has 3 aromatic rings. The van der Waals surface area contributed by atoms with Gasteiger partial charge in [0.2, 0.25) is 10.0 Å². The summed E-state index contributed by atoms with van der Waals surface area (Å²) in [5.74, 6) is 0.378. The van der Waals surface area contributed by atoms with Crippen molar-refractivity contribution in [3.63, 3.8) is 0 Å². The van der Waals surface area contributed by atoms with Gasteiger partial charge in [-0.25, -0.2) is 18.5 Å². The largest absolute Gasteiger partial charge is 0.494 e. The number of thiazole rings is 1. The second-order valence-electron chi connectivity index (χ2n) is 5.11. The number of hydrogen-bond acceptors (Lipinski definition) is 6. The van der Waals surface area contributed by atoms with E-state index in [0.717, 1.165) is 0 Å². The summed E-state index contributed by atoms with van der Waals surface area (Å²) in [5.41, 5.74) is 1.05. The Labute approximate surface area is 148 Å². The fraction of sp³-hybridized carbons (Fsp3) is 0.125. The van der Waals surface area contributed by atoms with Gasteiger partial charge in [-0.2, -0.15) is 0 Å². The number of rotatable bonds is 5. The number of amides is 1. The van der Waals surface area contributed by atoms with Gasteiger partial charge in [-0.3, -0.25) is 10.1 Å². The molecule has 7 nitrogen and oxygen atoms in total. The van der Waals surface area contributed by atoms with E-state index in [1.165, 1.54) is 23.5 Å². The summed E-state index contributed by atoms with van der Waals surface area (Å²) in [6, 6.07) is 11.1. The molecule has 2 aromatic carbocycles. The average molecular weight is 377 g/mol. The molecule has 1 amide bonds. The standard InChI is InChI=1S/C16H15N3O4S2/c1-2-23-11-5-3-10(4-6-11)15(20)19-16-18-13-8-7-12(25(17,21)22)9-14(13)24-16/h3-9H,2H2,1H3,(H2,17,21,22)(H,18,19,20). The molecule has 1 aromatic heterocycles. The molecule has 0 saturated carbocycles. The molecule has 9 heteroatoms. The van der Waals surface area contributed by atoms with E-state index in [1.54, 1.807) is 30.3 Å². The molecule has 130 valence electrons. The predicted octanol–water partition coefficient (Wildman–Crippen LogP) is 2.59. The van der Waals surface area contributed by atoms with Crippen LogP contribution < -0.4 is 15.2 Å². The number of aromatic nitrogens is 1. The summed E-state index contributed by atoms with van der Waals surface area (Å²) in [6.07, 6.45) is 0. The Morgan fingerprint density at radius 3 is 2.60 bits per heavy atom. The van der Waals surface area contributed by atoms with Crippen LogP contribution in [0.25, 0.3) is 10.2 Å². The highest BCUT2D eigenvalue weighted by molar-refractivity contribution is 7.89. The van der Waals surface area contributed by atoms with E-state index in [9.17, 15) is 13.2 Å². The van der Waals surface area contributed by atoms with E-state index in [1.807, 2.05) is 6.92 Å². The van der Waals surface area contributed by atoms with E-state index in [2.05, 4.69) is 10.3 Å². The molecule has 1 heterocycles. The first kappa shape index (κ1) is 17.3. The summed E-state index contributed by atoms with van der Waals surface area (Å²) in [4.78, 5) is 16.6. The van der Waals surface area contributed by atoms with Crippen LogP contribution in [0.5, 0.6) is 5.75 Å². The van der Waals surface area contributed by atoms with Gasteiger partial charge in [0.1, 0.15) is 5.75 Å². The summed E-state index contributed by atoms with van der Waals surface area (Å²) >= 11 is 1.17. The molecule has 0 aliphatic rings. The van der Waals surface area contributed by atoms with Gasteiger partial charge in [-0.05, 0) is 49.4 Å². The maximum atomic E-state index is 12.3. The number of nitrogens with two attached hydrogens (primary N) is 1. The van der Waals surface area contributed by atoms with Crippen molar-refractivity contribution in [3.8, 4) is 5.75 Å². The van der Waals surface area contributed by atoms with Gasteiger partial charge < -0.3 is 4.74 Å². The van der Waals surface area contributed by atoms with Crippen LogP contribution in [0.3, 0.4) is 0 Å². The highest BCUT2D eigenvalue weighted by Gasteiger charge is 2.13. The van der Waals surface area contributed by atoms with Crippen molar-refractivity contribution in [2.24, 2.45) is 5.14 Å². The summed E-state index contributed by atoms with van der Waals surface area (Å²) in [5, 5.41) is 8.20. The number of carbonyl (C=O) groups excluding carboxylic acids is 1. The molecule has 0 saturated heterocycles. The SMILES string of the molecule is CCOc1ccc(C(=O)Nc2nc3ccc(S(N)(=O)=O)cc3s2)cc1. The first-order valence-electron chi connectivity index (χ1n) is 7.34. The van der Waals surface area contributed by atoms with Crippen LogP contribution in [0.15, 0.2) is 47.4 Å². The van der Waals surface area contributed by atoms with Crippen molar-refractivity contribution in [1.82, 2.24) is 4.98 Å². The highest BCUT2D eigenvalue weighted by atomic mass is 32.2. The lowest BCUT2D eigenvalue weighted by Crippen LogP contribution is -2.11. The number of hydrogen-bond donors (Lipinski definition) is 2. The first-order valence-corrected chi connectivity index (χ1v) is 9.70. The van der Waals surface area contributed by atoms with E-state index < -0.39 is 10.0 Å². The number of fused-ring (bicyclic) bond motifs is 1. The fourth-order valence-electron chi connectivity index (χ4n) is 2.17. The van der Waals surface area contributed by atoms with Crippen LogP contribution in [-0.4, -0.2) is 25.9 Å². The third-order valence-electron chi connectivity index (χ3n) is 3.34. The minimum Gasteiger partial charge on any atom is -0.494 e. The minimum absolute atomic E-state index is 0.00744. The molecular weight excluding hydrogens is 362 g/mol. The van der Waals surface area contributed by atoms with Gasteiger partial charge in [0.15, 0.2) is 5.13 Å². The third kappa shape index (κ3) is 3.95. The normalized spacial score (nSPS) is 11.4. The minimum atomic E-state index is -3.78. The number of ether oxygens (including phenoxy) is 1. The molecule has 0 fully saturated rings. The van der Waals surface area contributed by atoms with Crippen molar-refractivity contribution in [2.45, 2.75) is 11.8 Å². The van der Waals surface area contributed by atoms with Crippen molar-refractivity contribution >= 4 is 42.6 Å². The summed E-state index contributed by atoms with van der Waals surface area (Å²) in [7, 11) is -3.78. The van der Waals surface area contributed by atoms with Gasteiger partial charge in [-0.15, -0.1) is 0 Å². The Morgan fingerprint density at radius 1 is 1.24 bits per heavy atom. The molecular formula is C16H15N3O4S2. The van der Waals surface area contributed by atoms with Gasteiger partial charge in [-0.1, -0.05) is 11.3 Å². The van der Waals surface area contributed by atoms with Crippen molar-refractivity contribution in [2.75, 3.05) is 11.9 Å². The Balaban J connectivity index is 1.81. The van der Waals surface area contributed by atoms with Crippen molar-refractivity contribution in [3.05, 3.63) is 48.0 Å². The maximum Gasteiger partial charge on any atom is 0.257 e. The smallest absolute Gasteiger partial charge is 0.257 e. The van der Waals surface area contributed by atoms with Crippen LogP contribution in [0.1, 0.15) is 17.3 Å². The first-order chi connectivity index (χ1) is 11.9. The molecule has 3 rings (SSSR count). The van der Waals surface area contributed by atoms with Gasteiger partial charge >= 0.3 is 0 Å². The van der Waals surface area contributed by atoms with E-state index in [-0.39, 0.29) is 10.8 Å².